The van der Waals surface area contributed by atoms with Crippen LogP contribution in [0.15, 0.2) is 24.3 Å². The Morgan fingerprint density at radius 2 is 2.17 bits per heavy atom. The number of para-hydroxylation sites is 1. The van der Waals surface area contributed by atoms with E-state index in [1.807, 2.05) is 24.3 Å². The van der Waals surface area contributed by atoms with Crippen LogP contribution in [0.2, 0.25) is 0 Å². The molecule has 1 aliphatic heterocycles. The third-order valence-electron chi connectivity index (χ3n) is 4.22. The molecule has 0 aliphatic carbocycles. The smallest absolute Gasteiger partial charge is 0.240 e. The summed E-state index contributed by atoms with van der Waals surface area (Å²) in [6.45, 7) is 5.68. The van der Waals surface area contributed by atoms with Crippen LogP contribution in [0.3, 0.4) is 0 Å². The number of rotatable bonds is 6. The second-order valence-corrected chi connectivity index (χ2v) is 7.02. The lowest BCUT2D eigenvalue weighted by Crippen LogP contribution is -2.46. The van der Waals surface area contributed by atoms with Gasteiger partial charge in [0.15, 0.2) is 5.13 Å². The highest BCUT2D eigenvalue weighted by Gasteiger charge is 2.22. The summed E-state index contributed by atoms with van der Waals surface area (Å²) < 4.78 is 1.10. The normalized spacial score (nSPS) is 16.1. The first-order valence-electron chi connectivity index (χ1n) is 8.36. The van der Waals surface area contributed by atoms with E-state index < -0.39 is 0 Å². The van der Waals surface area contributed by atoms with Crippen LogP contribution in [0.4, 0.5) is 5.13 Å². The van der Waals surface area contributed by atoms with E-state index in [1.165, 1.54) is 11.3 Å². The molecule has 0 saturated carbocycles. The van der Waals surface area contributed by atoms with Gasteiger partial charge in [-0.15, -0.1) is 0 Å². The van der Waals surface area contributed by atoms with Crippen molar-refractivity contribution in [3.8, 4) is 0 Å². The molecule has 1 amide bonds. The molecule has 6 heteroatoms. The largest absolute Gasteiger partial charge is 0.317 e. The Hall–Kier alpha value is -1.50. The molecule has 1 aliphatic rings. The van der Waals surface area contributed by atoms with E-state index in [2.05, 4.69) is 27.4 Å². The molecule has 0 bridgehead atoms. The second kappa shape index (κ2) is 7.86. The average molecular weight is 332 g/mol. The van der Waals surface area contributed by atoms with Crippen LogP contribution < -0.4 is 10.6 Å². The van der Waals surface area contributed by atoms with Crippen LogP contribution in [0.5, 0.6) is 0 Å². The van der Waals surface area contributed by atoms with Crippen LogP contribution in [0.25, 0.3) is 10.2 Å². The van der Waals surface area contributed by atoms with Crippen LogP contribution in [-0.4, -0.2) is 48.0 Å². The molecule has 1 fully saturated rings. The van der Waals surface area contributed by atoms with Crippen molar-refractivity contribution in [3.05, 3.63) is 24.3 Å². The van der Waals surface area contributed by atoms with Crippen molar-refractivity contribution in [1.82, 2.24) is 15.2 Å². The molecule has 0 spiro atoms. The maximum atomic E-state index is 12.4. The van der Waals surface area contributed by atoms with E-state index >= 15 is 0 Å². The molecular formula is C17H24N4OS. The molecule has 3 rings (SSSR count). The number of hydrogen-bond acceptors (Lipinski definition) is 5. The lowest BCUT2D eigenvalue weighted by atomic mass is 10.0. The van der Waals surface area contributed by atoms with Gasteiger partial charge in [0, 0.05) is 6.04 Å². The molecule has 2 aromatic rings. The number of benzene rings is 1. The van der Waals surface area contributed by atoms with Gasteiger partial charge in [-0.1, -0.05) is 30.4 Å². The van der Waals surface area contributed by atoms with Crippen molar-refractivity contribution in [3.63, 3.8) is 0 Å². The fraction of sp³-hybridized carbons (Fsp3) is 0.529. The zero-order valence-electron chi connectivity index (χ0n) is 13.5. The Kier molecular flexibility index (Phi) is 5.59. The molecule has 5 nitrogen and oxygen atoms in total. The van der Waals surface area contributed by atoms with Crippen molar-refractivity contribution in [2.24, 2.45) is 0 Å². The summed E-state index contributed by atoms with van der Waals surface area (Å²) in [5, 5.41) is 7.05. The number of piperidine rings is 1. The van der Waals surface area contributed by atoms with Gasteiger partial charge in [-0.3, -0.25) is 9.69 Å². The van der Waals surface area contributed by atoms with E-state index in [-0.39, 0.29) is 5.91 Å². The van der Waals surface area contributed by atoms with Crippen molar-refractivity contribution in [1.29, 1.82) is 0 Å². The SMILES string of the molecule is CCCN(CC(=O)Nc1nc2ccccc2s1)C1CCNCC1. The Morgan fingerprint density at radius 1 is 1.39 bits per heavy atom. The highest BCUT2D eigenvalue weighted by molar-refractivity contribution is 7.22. The predicted molar refractivity (Wildman–Crippen MR) is 96.0 cm³/mol. The molecule has 23 heavy (non-hydrogen) atoms. The fourth-order valence-corrected chi connectivity index (χ4v) is 4.00. The number of nitrogens with zero attached hydrogens (tertiary/aromatic N) is 2. The molecule has 0 radical (unpaired) electrons. The number of carbonyl (C=O) groups excluding carboxylic acids is 1. The number of amides is 1. The summed E-state index contributed by atoms with van der Waals surface area (Å²) in [5.41, 5.74) is 0.941. The Labute approximate surface area is 141 Å². The van der Waals surface area contributed by atoms with Gasteiger partial charge >= 0.3 is 0 Å². The first kappa shape index (κ1) is 16.4. The third-order valence-corrected chi connectivity index (χ3v) is 5.17. The van der Waals surface area contributed by atoms with E-state index in [4.69, 9.17) is 0 Å². The molecule has 0 unspecified atom stereocenters. The quantitative estimate of drug-likeness (QED) is 0.854. The minimum atomic E-state index is 0.0380. The van der Waals surface area contributed by atoms with E-state index in [0.717, 1.165) is 49.1 Å². The van der Waals surface area contributed by atoms with E-state index in [1.54, 1.807) is 0 Å². The summed E-state index contributed by atoms with van der Waals surface area (Å²) in [6, 6.07) is 8.47. The topological polar surface area (TPSA) is 57.3 Å². The molecule has 2 N–H and O–H groups in total. The lowest BCUT2D eigenvalue weighted by molar-refractivity contribution is -0.118. The van der Waals surface area contributed by atoms with E-state index in [0.29, 0.717) is 17.7 Å². The predicted octanol–water partition coefficient (Wildman–Crippen LogP) is 2.70. The first-order chi connectivity index (χ1) is 11.3. The lowest BCUT2D eigenvalue weighted by Gasteiger charge is -2.33. The van der Waals surface area contributed by atoms with Gasteiger partial charge in [0.1, 0.15) is 0 Å². The monoisotopic (exact) mass is 332 g/mol. The zero-order chi connectivity index (χ0) is 16.1. The Bertz CT molecular complexity index is 618. The van der Waals surface area contributed by atoms with Gasteiger partial charge in [-0.25, -0.2) is 4.98 Å². The molecule has 1 saturated heterocycles. The number of nitrogens with one attached hydrogen (secondary N) is 2. The first-order valence-corrected chi connectivity index (χ1v) is 9.18. The van der Waals surface area contributed by atoms with Crippen LogP contribution >= 0.6 is 11.3 Å². The average Bonchev–Trinajstić information content (AvgIpc) is 2.97. The van der Waals surface area contributed by atoms with Crippen LogP contribution in [-0.2, 0) is 4.79 Å². The third kappa shape index (κ3) is 4.28. The van der Waals surface area contributed by atoms with Crippen molar-refractivity contribution >= 4 is 32.6 Å². The summed E-state index contributed by atoms with van der Waals surface area (Å²) in [6.07, 6.45) is 3.31. The molecular weight excluding hydrogens is 308 g/mol. The highest BCUT2D eigenvalue weighted by Crippen LogP contribution is 2.25. The van der Waals surface area contributed by atoms with Crippen molar-refractivity contribution < 1.29 is 4.79 Å². The van der Waals surface area contributed by atoms with Crippen LogP contribution in [0.1, 0.15) is 26.2 Å². The molecule has 2 heterocycles. The van der Waals surface area contributed by atoms with Gasteiger partial charge in [0.25, 0.3) is 0 Å². The minimum absolute atomic E-state index is 0.0380. The maximum absolute atomic E-state index is 12.4. The zero-order valence-corrected chi connectivity index (χ0v) is 14.4. The number of anilines is 1. The second-order valence-electron chi connectivity index (χ2n) is 5.99. The standard InChI is InChI=1S/C17H24N4OS/c1-2-11-21(13-7-9-18-10-8-13)12-16(22)20-17-19-14-5-3-4-6-15(14)23-17/h3-6,13,18H,2,7-12H2,1H3,(H,19,20,22). The summed E-state index contributed by atoms with van der Waals surface area (Å²) in [5.74, 6) is 0.0380. The van der Waals surface area contributed by atoms with Gasteiger partial charge in [-0.2, -0.15) is 0 Å². The number of carbonyl (C=O) groups is 1. The Balaban J connectivity index is 1.61. The molecule has 124 valence electrons. The summed E-state index contributed by atoms with van der Waals surface area (Å²) in [4.78, 5) is 19.2. The molecule has 1 aromatic carbocycles. The molecule has 0 atom stereocenters. The van der Waals surface area contributed by atoms with Gasteiger partial charge in [-0.05, 0) is 51.0 Å². The van der Waals surface area contributed by atoms with Gasteiger partial charge in [0.05, 0.1) is 16.8 Å². The van der Waals surface area contributed by atoms with Crippen LogP contribution in [0, 0.1) is 0 Å². The molecule has 1 aromatic heterocycles. The van der Waals surface area contributed by atoms with Crippen molar-refractivity contribution in [2.75, 3.05) is 31.5 Å². The van der Waals surface area contributed by atoms with Gasteiger partial charge in [0.2, 0.25) is 5.91 Å². The maximum Gasteiger partial charge on any atom is 0.240 e. The summed E-state index contributed by atoms with van der Waals surface area (Å²) in [7, 11) is 0. The van der Waals surface area contributed by atoms with Gasteiger partial charge < -0.3 is 10.6 Å². The fourth-order valence-electron chi connectivity index (χ4n) is 3.12. The highest BCUT2D eigenvalue weighted by atomic mass is 32.1. The number of hydrogen-bond donors (Lipinski definition) is 2. The number of fused-ring (bicyclic) bond motifs is 1. The number of thiazole rings is 1. The Morgan fingerprint density at radius 3 is 2.91 bits per heavy atom. The van der Waals surface area contributed by atoms with E-state index in [9.17, 15) is 4.79 Å². The summed E-state index contributed by atoms with van der Waals surface area (Å²) >= 11 is 1.53. The van der Waals surface area contributed by atoms with Crippen molar-refractivity contribution in [2.45, 2.75) is 32.2 Å². The minimum Gasteiger partial charge on any atom is -0.317 e. The number of aromatic nitrogens is 1.